The summed E-state index contributed by atoms with van der Waals surface area (Å²) in [5.41, 5.74) is 1.17. The molecule has 2 rings (SSSR count). The summed E-state index contributed by atoms with van der Waals surface area (Å²) in [5.74, 6) is 0.242. The number of aryl methyl sites for hydroxylation is 2. The van der Waals surface area contributed by atoms with Gasteiger partial charge < -0.3 is 15.3 Å². The molecule has 2 aromatic rings. The highest BCUT2D eigenvalue weighted by Gasteiger charge is 2.24. The van der Waals surface area contributed by atoms with E-state index < -0.39 is 5.60 Å². The highest BCUT2D eigenvalue weighted by molar-refractivity contribution is 5.91. The van der Waals surface area contributed by atoms with Crippen LogP contribution in [0.2, 0.25) is 0 Å². The van der Waals surface area contributed by atoms with Crippen LogP contribution in [0.15, 0.2) is 24.3 Å². The topological polar surface area (TPSA) is 60.7 Å². The standard InChI is InChI=1S/C15H18O3/c1-9-4-5-13(15(3,18)8-16)12-6-10(2)14(17)7-11(9)12/h4-7,16-18H,8H2,1-3H3. The first-order valence-corrected chi connectivity index (χ1v) is 5.93. The number of aromatic hydroxyl groups is 1. The molecule has 0 aliphatic heterocycles. The molecule has 0 fully saturated rings. The molecule has 0 aliphatic rings. The van der Waals surface area contributed by atoms with E-state index in [1.54, 1.807) is 13.0 Å². The van der Waals surface area contributed by atoms with Gasteiger partial charge in [-0.1, -0.05) is 12.1 Å². The molecule has 2 aromatic carbocycles. The van der Waals surface area contributed by atoms with Crippen LogP contribution in [0, 0.1) is 13.8 Å². The lowest BCUT2D eigenvalue weighted by atomic mass is 9.89. The van der Waals surface area contributed by atoms with Gasteiger partial charge in [0.15, 0.2) is 0 Å². The van der Waals surface area contributed by atoms with Crippen LogP contribution in [0.4, 0.5) is 0 Å². The van der Waals surface area contributed by atoms with E-state index in [9.17, 15) is 15.3 Å². The second-order valence-electron chi connectivity index (χ2n) is 5.05. The number of rotatable bonds is 2. The van der Waals surface area contributed by atoms with E-state index >= 15 is 0 Å². The molecule has 0 aliphatic carbocycles. The van der Waals surface area contributed by atoms with E-state index in [2.05, 4.69) is 0 Å². The summed E-state index contributed by atoms with van der Waals surface area (Å²) in [6, 6.07) is 7.26. The molecule has 1 unspecified atom stereocenters. The number of benzene rings is 2. The first-order chi connectivity index (χ1) is 8.36. The molecule has 0 saturated carbocycles. The maximum Gasteiger partial charge on any atom is 0.119 e. The van der Waals surface area contributed by atoms with Crippen LogP contribution in [0.25, 0.3) is 10.8 Å². The minimum atomic E-state index is -1.28. The summed E-state index contributed by atoms with van der Waals surface area (Å²) in [6.45, 7) is 5.01. The molecular weight excluding hydrogens is 228 g/mol. The fourth-order valence-electron chi connectivity index (χ4n) is 2.19. The summed E-state index contributed by atoms with van der Waals surface area (Å²) in [7, 11) is 0. The lowest BCUT2D eigenvalue weighted by molar-refractivity contribution is -0.00105. The second kappa shape index (κ2) is 4.26. The number of phenolic OH excluding ortho intramolecular Hbond substituents is 1. The zero-order valence-corrected chi connectivity index (χ0v) is 10.9. The Labute approximate surface area is 106 Å². The van der Waals surface area contributed by atoms with Crippen molar-refractivity contribution in [2.24, 2.45) is 0 Å². The molecule has 0 saturated heterocycles. The van der Waals surface area contributed by atoms with Gasteiger partial charge in [0.1, 0.15) is 11.4 Å². The van der Waals surface area contributed by atoms with Crippen molar-refractivity contribution < 1.29 is 15.3 Å². The van der Waals surface area contributed by atoms with Crippen LogP contribution < -0.4 is 0 Å². The number of aliphatic hydroxyl groups excluding tert-OH is 1. The summed E-state index contributed by atoms with van der Waals surface area (Å²) in [4.78, 5) is 0. The maximum atomic E-state index is 10.2. The van der Waals surface area contributed by atoms with Crippen molar-refractivity contribution in [1.29, 1.82) is 0 Å². The third-order valence-corrected chi connectivity index (χ3v) is 3.44. The number of fused-ring (bicyclic) bond motifs is 1. The average molecular weight is 246 g/mol. The minimum absolute atomic E-state index is 0.242. The van der Waals surface area contributed by atoms with Crippen molar-refractivity contribution in [3.05, 3.63) is 41.0 Å². The summed E-state index contributed by atoms with van der Waals surface area (Å²) in [6.07, 6.45) is 0. The molecule has 0 heterocycles. The lowest BCUT2D eigenvalue weighted by Crippen LogP contribution is -2.26. The maximum absolute atomic E-state index is 10.2. The molecule has 0 spiro atoms. The number of aliphatic hydroxyl groups is 2. The molecule has 3 N–H and O–H groups in total. The van der Waals surface area contributed by atoms with E-state index in [4.69, 9.17) is 0 Å². The van der Waals surface area contributed by atoms with E-state index in [-0.39, 0.29) is 12.4 Å². The van der Waals surface area contributed by atoms with E-state index in [0.29, 0.717) is 5.56 Å². The Bertz CT molecular complexity index is 600. The Kier molecular flexibility index (Phi) is 3.05. The Morgan fingerprint density at radius 1 is 1.06 bits per heavy atom. The zero-order valence-electron chi connectivity index (χ0n) is 10.9. The van der Waals surface area contributed by atoms with Gasteiger partial charge >= 0.3 is 0 Å². The highest BCUT2D eigenvalue weighted by atomic mass is 16.3. The first kappa shape index (κ1) is 12.9. The Hall–Kier alpha value is -1.58. The van der Waals surface area contributed by atoms with Gasteiger partial charge in [-0.05, 0) is 60.4 Å². The molecule has 1 atom stereocenters. The third-order valence-electron chi connectivity index (χ3n) is 3.44. The van der Waals surface area contributed by atoms with Gasteiger partial charge in [-0.3, -0.25) is 0 Å². The smallest absolute Gasteiger partial charge is 0.119 e. The van der Waals surface area contributed by atoms with Crippen molar-refractivity contribution >= 4 is 10.8 Å². The van der Waals surface area contributed by atoms with Crippen molar-refractivity contribution in [1.82, 2.24) is 0 Å². The third kappa shape index (κ3) is 1.96. The van der Waals surface area contributed by atoms with Crippen molar-refractivity contribution in [3.8, 4) is 5.75 Å². The van der Waals surface area contributed by atoms with Gasteiger partial charge in [-0.25, -0.2) is 0 Å². The van der Waals surface area contributed by atoms with Crippen molar-refractivity contribution in [2.45, 2.75) is 26.4 Å². The van der Waals surface area contributed by atoms with Gasteiger partial charge in [0.25, 0.3) is 0 Å². The van der Waals surface area contributed by atoms with Crippen LogP contribution >= 0.6 is 0 Å². The van der Waals surface area contributed by atoms with E-state index in [1.165, 1.54) is 0 Å². The van der Waals surface area contributed by atoms with Gasteiger partial charge in [0.05, 0.1) is 6.61 Å². The summed E-state index contributed by atoms with van der Waals surface area (Å²) < 4.78 is 0. The van der Waals surface area contributed by atoms with Crippen LogP contribution in [0.5, 0.6) is 5.75 Å². The highest BCUT2D eigenvalue weighted by Crippen LogP contribution is 2.34. The molecule has 0 aromatic heterocycles. The van der Waals surface area contributed by atoms with E-state index in [1.807, 2.05) is 32.0 Å². The molecular formula is C15H18O3. The average Bonchev–Trinajstić information content (AvgIpc) is 2.32. The fourth-order valence-corrected chi connectivity index (χ4v) is 2.19. The zero-order chi connectivity index (χ0) is 13.5. The number of hydrogen-bond donors (Lipinski definition) is 3. The lowest BCUT2D eigenvalue weighted by Gasteiger charge is -2.23. The van der Waals surface area contributed by atoms with Gasteiger partial charge in [-0.15, -0.1) is 0 Å². The number of phenols is 1. The molecule has 0 bridgehead atoms. The quantitative estimate of drug-likeness (QED) is 0.762. The van der Waals surface area contributed by atoms with Crippen LogP contribution in [0.3, 0.4) is 0 Å². The SMILES string of the molecule is Cc1cc2c(C(C)(O)CO)ccc(C)c2cc1O. The van der Waals surface area contributed by atoms with E-state index in [0.717, 1.165) is 21.9 Å². The summed E-state index contributed by atoms with van der Waals surface area (Å²) in [5, 5.41) is 31.1. The largest absolute Gasteiger partial charge is 0.508 e. The van der Waals surface area contributed by atoms with Gasteiger partial charge in [0, 0.05) is 0 Å². The van der Waals surface area contributed by atoms with Crippen molar-refractivity contribution in [2.75, 3.05) is 6.61 Å². The van der Waals surface area contributed by atoms with Crippen LogP contribution in [-0.4, -0.2) is 21.9 Å². The van der Waals surface area contributed by atoms with Gasteiger partial charge in [0.2, 0.25) is 0 Å². The Balaban J connectivity index is 2.85. The fraction of sp³-hybridized carbons (Fsp3) is 0.333. The monoisotopic (exact) mass is 246 g/mol. The molecule has 18 heavy (non-hydrogen) atoms. The molecule has 96 valence electrons. The van der Waals surface area contributed by atoms with Crippen molar-refractivity contribution in [3.63, 3.8) is 0 Å². The van der Waals surface area contributed by atoms with Crippen LogP contribution in [-0.2, 0) is 5.60 Å². The molecule has 3 heteroatoms. The molecule has 0 amide bonds. The Morgan fingerprint density at radius 3 is 2.33 bits per heavy atom. The molecule has 3 nitrogen and oxygen atoms in total. The summed E-state index contributed by atoms with van der Waals surface area (Å²) >= 11 is 0. The first-order valence-electron chi connectivity index (χ1n) is 5.93. The predicted molar refractivity (Wildman–Crippen MR) is 71.7 cm³/mol. The Morgan fingerprint density at radius 2 is 1.72 bits per heavy atom. The molecule has 0 radical (unpaired) electrons. The second-order valence-corrected chi connectivity index (χ2v) is 5.05. The predicted octanol–water partition coefficient (Wildman–Crippen LogP) is 2.36. The van der Waals surface area contributed by atoms with Crippen LogP contribution in [0.1, 0.15) is 23.6 Å². The minimum Gasteiger partial charge on any atom is -0.508 e. The van der Waals surface area contributed by atoms with Gasteiger partial charge in [-0.2, -0.15) is 0 Å². The normalized spacial score (nSPS) is 14.7. The number of hydrogen-bond acceptors (Lipinski definition) is 3.